The van der Waals surface area contributed by atoms with Gasteiger partial charge >= 0.3 is 0 Å². The van der Waals surface area contributed by atoms with Crippen molar-refractivity contribution in [3.8, 4) is 0 Å². The first kappa shape index (κ1) is 15.7. The molecule has 1 heterocycles. The average Bonchev–Trinajstić information content (AvgIpc) is 2.77. The molecule has 0 aromatic carbocycles. The summed E-state index contributed by atoms with van der Waals surface area (Å²) in [6.45, 7) is 1.27. The molecule has 0 aliphatic heterocycles. The second-order valence-electron chi connectivity index (χ2n) is 5.37. The van der Waals surface area contributed by atoms with Crippen LogP contribution < -0.4 is 10.6 Å². The first-order chi connectivity index (χ1) is 10.3. The first-order valence-electron chi connectivity index (χ1n) is 7.65. The molecule has 1 aromatic heterocycles. The van der Waals surface area contributed by atoms with Gasteiger partial charge in [0.15, 0.2) is 0 Å². The molecule has 2 rings (SSSR count). The Bertz CT molecular complexity index is 428. The number of amides is 1. The maximum Gasteiger partial charge on any atom is 0.271 e. The van der Waals surface area contributed by atoms with Crippen LogP contribution in [0.2, 0.25) is 0 Å². The van der Waals surface area contributed by atoms with Gasteiger partial charge in [-0.15, -0.1) is 0 Å². The highest BCUT2D eigenvalue weighted by atomic mass is 16.5. The van der Waals surface area contributed by atoms with Crippen molar-refractivity contribution in [1.29, 1.82) is 0 Å². The third kappa shape index (κ3) is 5.30. The Balaban J connectivity index is 1.84. The Hall–Kier alpha value is -1.69. The number of carbonyl (C=O) groups excluding carboxylic acids is 1. The van der Waals surface area contributed by atoms with E-state index in [0.29, 0.717) is 24.7 Å². The quantitative estimate of drug-likeness (QED) is 0.619. The van der Waals surface area contributed by atoms with Crippen molar-refractivity contribution >= 4 is 11.7 Å². The predicted molar refractivity (Wildman–Crippen MR) is 81.4 cm³/mol. The van der Waals surface area contributed by atoms with E-state index >= 15 is 0 Å². The number of aromatic nitrogens is 2. The molecule has 1 amide bonds. The summed E-state index contributed by atoms with van der Waals surface area (Å²) in [5.74, 6) is 0.524. The molecule has 1 aromatic rings. The number of nitrogens with one attached hydrogen (secondary N) is 2. The lowest BCUT2D eigenvalue weighted by molar-refractivity contribution is 0.0928. The van der Waals surface area contributed by atoms with E-state index in [1.165, 1.54) is 31.9 Å². The van der Waals surface area contributed by atoms with Gasteiger partial charge in [-0.2, -0.15) is 0 Å². The van der Waals surface area contributed by atoms with Crippen molar-refractivity contribution in [2.24, 2.45) is 0 Å². The average molecular weight is 292 g/mol. The highest BCUT2D eigenvalue weighted by molar-refractivity contribution is 5.92. The van der Waals surface area contributed by atoms with Gasteiger partial charge in [0.25, 0.3) is 5.91 Å². The standard InChI is InChI=1S/C15H24N4O2/c1-21-9-8-16-14-11-17-13(10-18-14)15(20)19-12-6-4-2-3-5-7-12/h10-12H,2-9H2,1H3,(H,16,18)(H,19,20). The van der Waals surface area contributed by atoms with Gasteiger partial charge in [-0.3, -0.25) is 4.79 Å². The van der Waals surface area contributed by atoms with Gasteiger partial charge in [0.05, 0.1) is 19.0 Å². The minimum atomic E-state index is -0.127. The summed E-state index contributed by atoms with van der Waals surface area (Å²) >= 11 is 0. The lowest BCUT2D eigenvalue weighted by atomic mass is 10.1. The van der Waals surface area contributed by atoms with Gasteiger partial charge in [-0.1, -0.05) is 25.7 Å². The summed E-state index contributed by atoms with van der Waals surface area (Å²) in [5.41, 5.74) is 0.372. The summed E-state index contributed by atoms with van der Waals surface area (Å²) in [6, 6.07) is 0.279. The molecule has 0 atom stereocenters. The van der Waals surface area contributed by atoms with Crippen molar-refractivity contribution in [1.82, 2.24) is 15.3 Å². The molecule has 6 nitrogen and oxygen atoms in total. The minimum absolute atomic E-state index is 0.127. The van der Waals surface area contributed by atoms with Gasteiger partial charge in [-0.25, -0.2) is 9.97 Å². The van der Waals surface area contributed by atoms with Crippen LogP contribution in [0.15, 0.2) is 12.4 Å². The van der Waals surface area contributed by atoms with Crippen molar-refractivity contribution in [2.45, 2.75) is 44.6 Å². The van der Waals surface area contributed by atoms with Crippen molar-refractivity contribution < 1.29 is 9.53 Å². The van der Waals surface area contributed by atoms with E-state index in [2.05, 4.69) is 20.6 Å². The number of hydrogen-bond acceptors (Lipinski definition) is 5. The van der Waals surface area contributed by atoms with E-state index in [-0.39, 0.29) is 11.9 Å². The van der Waals surface area contributed by atoms with E-state index in [1.807, 2.05) is 0 Å². The second kappa shape index (κ2) is 8.56. The molecule has 0 radical (unpaired) electrons. The van der Waals surface area contributed by atoms with Crippen LogP contribution in [0.1, 0.15) is 49.0 Å². The summed E-state index contributed by atoms with van der Waals surface area (Å²) in [4.78, 5) is 20.5. The van der Waals surface area contributed by atoms with Crippen molar-refractivity contribution in [3.63, 3.8) is 0 Å². The number of rotatable bonds is 6. The molecule has 1 aliphatic carbocycles. The van der Waals surface area contributed by atoms with Gasteiger partial charge in [0.2, 0.25) is 0 Å². The Kier molecular flexibility index (Phi) is 6.40. The number of ether oxygens (including phenoxy) is 1. The number of methoxy groups -OCH3 is 1. The Morgan fingerprint density at radius 2 is 2.00 bits per heavy atom. The monoisotopic (exact) mass is 292 g/mol. The molecule has 6 heteroatoms. The molecular formula is C15H24N4O2. The Morgan fingerprint density at radius 1 is 1.24 bits per heavy atom. The number of anilines is 1. The minimum Gasteiger partial charge on any atom is -0.383 e. The number of nitrogens with zero attached hydrogens (tertiary/aromatic N) is 2. The van der Waals surface area contributed by atoms with Gasteiger partial charge < -0.3 is 15.4 Å². The van der Waals surface area contributed by atoms with Crippen LogP contribution in [0, 0.1) is 0 Å². The second-order valence-corrected chi connectivity index (χ2v) is 5.37. The topological polar surface area (TPSA) is 76.1 Å². The molecule has 1 saturated carbocycles. The van der Waals surface area contributed by atoms with E-state index < -0.39 is 0 Å². The normalized spacial score (nSPS) is 16.2. The van der Waals surface area contributed by atoms with E-state index in [1.54, 1.807) is 13.3 Å². The van der Waals surface area contributed by atoms with Crippen molar-refractivity contribution in [2.75, 3.05) is 25.6 Å². The van der Waals surface area contributed by atoms with Crippen molar-refractivity contribution in [3.05, 3.63) is 18.1 Å². The Morgan fingerprint density at radius 3 is 2.62 bits per heavy atom. The molecule has 116 valence electrons. The van der Waals surface area contributed by atoms with Crippen LogP contribution >= 0.6 is 0 Å². The van der Waals surface area contributed by atoms with Crippen LogP contribution in [0.3, 0.4) is 0 Å². The summed E-state index contributed by atoms with van der Waals surface area (Å²) in [6.07, 6.45) is 10.2. The highest BCUT2D eigenvalue weighted by Gasteiger charge is 2.16. The SMILES string of the molecule is COCCNc1cnc(C(=O)NC2CCCCCC2)cn1. The number of hydrogen-bond donors (Lipinski definition) is 2. The zero-order valence-electron chi connectivity index (χ0n) is 12.6. The molecule has 2 N–H and O–H groups in total. The van der Waals surface area contributed by atoms with Gasteiger partial charge in [0, 0.05) is 19.7 Å². The predicted octanol–water partition coefficient (Wildman–Crippen LogP) is 1.99. The molecule has 0 spiro atoms. The summed E-state index contributed by atoms with van der Waals surface area (Å²) in [7, 11) is 1.65. The molecule has 0 bridgehead atoms. The van der Waals surface area contributed by atoms with Crippen LogP contribution in [0.5, 0.6) is 0 Å². The lowest BCUT2D eigenvalue weighted by Gasteiger charge is -2.15. The highest BCUT2D eigenvalue weighted by Crippen LogP contribution is 2.17. The molecule has 1 fully saturated rings. The van der Waals surface area contributed by atoms with E-state index in [9.17, 15) is 4.79 Å². The fraction of sp³-hybridized carbons (Fsp3) is 0.667. The smallest absolute Gasteiger partial charge is 0.271 e. The van der Waals surface area contributed by atoms with Crippen LogP contribution in [0.25, 0.3) is 0 Å². The lowest BCUT2D eigenvalue weighted by Crippen LogP contribution is -2.35. The first-order valence-corrected chi connectivity index (χ1v) is 7.65. The van der Waals surface area contributed by atoms with Gasteiger partial charge in [-0.05, 0) is 12.8 Å². The summed E-state index contributed by atoms with van der Waals surface area (Å²) in [5, 5.41) is 6.14. The third-order valence-corrected chi connectivity index (χ3v) is 3.69. The third-order valence-electron chi connectivity index (χ3n) is 3.69. The Labute approximate surface area is 125 Å². The molecule has 0 saturated heterocycles. The zero-order valence-corrected chi connectivity index (χ0v) is 12.6. The van der Waals surface area contributed by atoms with E-state index in [0.717, 1.165) is 12.8 Å². The van der Waals surface area contributed by atoms with E-state index in [4.69, 9.17) is 4.74 Å². The molecule has 0 unspecified atom stereocenters. The number of carbonyl (C=O) groups is 1. The fourth-order valence-corrected chi connectivity index (χ4v) is 2.50. The maximum absolute atomic E-state index is 12.1. The van der Waals surface area contributed by atoms with Crippen LogP contribution in [0.4, 0.5) is 5.82 Å². The maximum atomic E-state index is 12.1. The molecule has 21 heavy (non-hydrogen) atoms. The van der Waals surface area contributed by atoms with Crippen LogP contribution in [-0.4, -0.2) is 42.2 Å². The van der Waals surface area contributed by atoms with Crippen LogP contribution in [-0.2, 0) is 4.74 Å². The molecule has 1 aliphatic rings. The zero-order chi connectivity index (χ0) is 14.9. The molecular weight excluding hydrogens is 268 g/mol. The van der Waals surface area contributed by atoms with Gasteiger partial charge in [0.1, 0.15) is 11.5 Å². The largest absolute Gasteiger partial charge is 0.383 e. The fourth-order valence-electron chi connectivity index (χ4n) is 2.50. The summed E-state index contributed by atoms with van der Waals surface area (Å²) < 4.78 is 4.95.